The number of nitrogens with two attached hydrogens (primary N) is 2. The van der Waals surface area contributed by atoms with Crippen molar-refractivity contribution in [3.8, 4) is 17.7 Å². The molecule has 0 bridgehead atoms. The molecule has 0 atom stereocenters. The lowest BCUT2D eigenvalue weighted by Crippen LogP contribution is -2.21. The standard InChI is InChI=1S/C14H10N4O3.2C2HF3O2/c15-5-9-10(16)8-4-6-2-1-3-7(14(19)20)11(6)21-13(8)18-12(9)17;2*3-2(4,5)1(6)7/h1-3H,4H2,(H,19,20)(H4,16,17,18);2*(H,6,7). The maximum atomic E-state index is 11.2. The predicted octanol–water partition coefficient (Wildman–Crippen LogP) is 2.78. The number of aromatic nitrogens is 1. The van der Waals surface area contributed by atoms with Crippen LogP contribution in [0.25, 0.3) is 0 Å². The highest BCUT2D eigenvalue weighted by atomic mass is 19.4. The van der Waals surface area contributed by atoms with Gasteiger partial charge in [-0.1, -0.05) is 12.1 Å². The fraction of sp³-hybridized carbons (Fsp3) is 0.167. The molecular formula is C18H12F6N4O7. The Morgan fingerprint density at radius 1 is 1.00 bits per heavy atom. The van der Waals surface area contributed by atoms with Crippen LogP contribution in [0, 0.1) is 11.3 Å². The number of aromatic carboxylic acids is 1. The molecule has 0 saturated carbocycles. The lowest BCUT2D eigenvalue weighted by atomic mass is 9.97. The molecule has 0 radical (unpaired) electrons. The average molecular weight is 510 g/mol. The fourth-order valence-electron chi connectivity index (χ4n) is 2.31. The number of carboxylic acid groups (broad SMARTS) is 3. The second-order valence-electron chi connectivity index (χ2n) is 6.16. The van der Waals surface area contributed by atoms with E-state index in [-0.39, 0.29) is 34.3 Å². The highest BCUT2D eigenvalue weighted by Gasteiger charge is 2.38. The fourth-order valence-corrected chi connectivity index (χ4v) is 2.31. The van der Waals surface area contributed by atoms with Crippen molar-refractivity contribution >= 4 is 29.4 Å². The molecule has 2 aromatic rings. The van der Waals surface area contributed by atoms with Gasteiger partial charge in [-0.3, -0.25) is 0 Å². The molecule has 3 rings (SSSR count). The maximum absolute atomic E-state index is 11.2. The van der Waals surface area contributed by atoms with Crippen molar-refractivity contribution in [2.75, 3.05) is 11.5 Å². The molecule has 188 valence electrons. The van der Waals surface area contributed by atoms with E-state index in [4.69, 9.17) is 41.3 Å². The molecule has 2 heterocycles. The van der Waals surface area contributed by atoms with Crippen LogP contribution in [0.4, 0.5) is 37.8 Å². The Morgan fingerprint density at radius 3 is 1.89 bits per heavy atom. The van der Waals surface area contributed by atoms with E-state index in [1.165, 1.54) is 6.07 Å². The monoisotopic (exact) mass is 510 g/mol. The van der Waals surface area contributed by atoms with Gasteiger partial charge in [0.15, 0.2) is 0 Å². The summed E-state index contributed by atoms with van der Waals surface area (Å²) in [6, 6.07) is 6.72. The largest absolute Gasteiger partial charge is 0.490 e. The van der Waals surface area contributed by atoms with Crippen LogP contribution in [0.3, 0.4) is 0 Å². The SMILES string of the molecule is N#Cc1c(N)nc2c(c1N)Cc1cccc(C(=O)O)c1O2.O=C(O)C(F)(F)F.O=C(O)C(F)(F)F. The van der Waals surface area contributed by atoms with Crippen molar-refractivity contribution < 1.29 is 60.8 Å². The number of alkyl halides is 6. The number of benzene rings is 1. The first-order valence-corrected chi connectivity index (χ1v) is 8.52. The van der Waals surface area contributed by atoms with Gasteiger partial charge in [0.1, 0.15) is 28.8 Å². The van der Waals surface area contributed by atoms with Gasteiger partial charge in [-0.15, -0.1) is 0 Å². The summed E-state index contributed by atoms with van der Waals surface area (Å²) in [6.45, 7) is 0. The van der Waals surface area contributed by atoms with E-state index in [0.717, 1.165) is 0 Å². The van der Waals surface area contributed by atoms with Gasteiger partial charge in [0, 0.05) is 17.5 Å². The Labute approximate surface area is 189 Å². The first-order valence-electron chi connectivity index (χ1n) is 8.52. The zero-order chi connectivity index (χ0) is 27.3. The third kappa shape index (κ3) is 7.12. The number of hydrogen-bond acceptors (Lipinski definition) is 8. The Balaban J connectivity index is 0.000000362. The van der Waals surface area contributed by atoms with Gasteiger partial charge < -0.3 is 31.5 Å². The van der Waals surface area contributed by atoms with E-state index < -0.39 is 30.3 Å². The van der Waals surface area contributed by atoms with E-state index in [1.54, 1.807) is 12.1 Å². The minimum Gasteiger partial charge on any atom is -0.478 e. The van der Waals surface area contributed by atoms with Gasteiger partial charge in [0.25, 0.3) is 0 Å². The van der Waals surface area contributed by atoms with Crippen LogP contribution >= 0.6 is 0 Å². The molecule has 0 unspecified atom stereocenters. The number of rotatable bonds is 1. The van der Waals surface area contributed by atoms with Gasteiger partial charge in [0.05, 0.1) is 5.69 Å². The number of carboxylic acids is 3. The Bertz CT molecular complexity index is 1180. The third-order valence-electron chi connectivity index (χ3n) is 3.82. The van der Waals surface area contributed by atoms with Gasteiger partial charge >= 0.3 is 30.3 Å². The van der Waals surface area contributed by atoms with Crippen LogP contribution in [0.1, 0.15) is 27.0 Å². The molecule has 1 aliphatic rings. The number of nitrogen functional groups attached to an aromatic ring is 2. The van der Waals surface area contributed by atoms with E-state index in [0.29, 0.717) is 17.5 Å². The molecule has 17 heteroatoms. The zero-order valence-corrected chi connectivity index (χ0v) is 16.7. The number of halogens is 6. The van der Waals surface area contributed by atoms with Gasteiger partial charge in [-0.05, 0) is 6.07 Å². The number of aliphatic carboxylic acids is 2. The number of ether oxygens (including phenoxy) is 1. The summed E-state index contributed by atoms with van der Waals surface area (Å²) >= 11 is 0. The molecule has 0 amide bonds. The molecule has 1 aromatic carbocycles. The highest BCUT2D eigenvalue weighted by molar-refractivity contribution is 5.92. The molecule has 7 N–H and O–H groups in total. The summed E-state index contributed by atoms with van der Waals surface area (Å²) in [5.41, 5.74) is 13.2. The number of carbonyl (C=O) groups is 3. The van der Waals surface area contributed by atoms with Crippen LogP contribution in [0.15, 0.2) is 18.2 Å². The molecule has 35 heavy (non-hydrogen) atoms. The minimum atomic E-state index is -5.08. The van der Waals surface area contributed by atoms with E-state index in [9.17, 15) is 36.2 Å². The lowest BCUT2D eigenvalue weighted by Gasteiger charge is -2.22. The van der Waals surface area contributed by atoms with Crippen molar-refractivity contribution in [3.63, 3.8) is 0 Å². The average Bonchev–Trinajstić information content (AvgIpc) is 2.72. The first-order chi connectivity index (χ1) is 15.9. The molecule has 1 aliphatic heterocycles. The first kappa shape index (κ1) is 28.3. The normalized spacial score (nSPS) is 11.6. The second kappa shape index (κ2) is 10.5. The van der Waals surface area contributed by atoms with Crippen LogP contribution in [-0.2, 0) is 16.0 Å². The molecule has 11 nitrogen and oxygen atoms in total. The maximum Gasteiger partial charge on any atom is 0.490 e. The molecule has 0 fully saturated rings. The molecular weight excluding hydrogens is 498 g/mol. The number of nitrogens with zero attached hydrogens (tertiary/aromatic N) is 2. The smallest absolute Gasteiger partial charge is 0.478 e. The van der Waals surface area contributed by atoms with Crippen molar-refractivity contribution in [2.45, 2.75) is 18.8 Å². The minimum absolute atomic E-state index is 0.0370. The summed E-state index contributed by atoms with van der Waals surface area (Å²) in [6.07, 6.45) is -9.83. The Hall–Kier alpha value is -4.75. The van der Waals surface area contributed by atoms with Crippen LogP contribution in [0.5, 0.6) is 11.6 Å². The number of nitriles is 1. The van der Waals surface area contributed by atoms with E-state index >= 15 is 0 Å². The molecule has 1 aromatic heterocycles. The van der Waals surface area contributed by atoms with Crippen LogP contribution < -0.4 is 16.2 Å². The molecule has 0 saturated heterocycles. The van der Waals surface area contributed by atoms with Crippen molar-refractivity contribution in [1.29, 1.82) is 5.26 Å². The van der Waals surface area contributed by atoms with E-state index in [1.807, 2.05) is 6.07 Å². The topological polar surface area (TPSA) is 210 Å². The summed E-state index contributed by atoms with van der Waals surface area (Å²) < 4.78 is 69.0. The van der Waals surface area contributed by atoms with E-state index in [2.05, 4.69) is 4.98 Å². The number of fused-ring (bicyclic) bond motifs is 2. The van der Waals surface area contributed by atoms with Gasteiger partial charge in [0.2, 0.25) is 5.88 Å². The Kier molecular flexibility index (Phi) is 8.45. The number of anilines is 2. The lowest BCUT2D eigenvalue weighted by molar-refractivity contribution is -0.193. The third-order valence-corrected chi connectivity index (χ3v) is 3.82. The van der Waals surface area contributed by atoms with Crippen molar-refractivity contribution in [1.82, 2.24) is 4.98 Å². The summed E-state index contributed by atoms with van der Waals surface area (Å²) in [5, 5.41) is 32.5. The van der Waals surface area contributed by atoms with Gasteiger partial charge in [-0.2, -0.15) is 36.6 Å². The zero-order valence-electron chi connectivity index (χ0n) is 16.7. The summed E-state index contributed by atoms with van der Waals surface area (Å²) in [4.78, 5) is 33.0. The Morgan fingerprint density at radius 2 is 1.49 bits per heavy atom. The quantitative estimate of drug-likeness (QED) is 0.300. The second-order valence-corrected chi connectivity index (χ2v) is 6.16. The van der Waals surface area contributed by atoms with Crippen LogP contribution in [0.2, 0.25) is 0 Å². The highest BCUT2D eigenvalue weighted by Crippen LogP contribution is 2.41. The summed E-state index contributed by atoms with van der Waals surface area (Å²) in [7, 11) is 0. The van der Waals surface area contributed by atoms with Gasteiger partial charge in [-0.25, -0.2) is 14.4 Å². The van der Waals surface area contributed by atoms with Crippen molar-refractivity contribution in [2.24, 2.45) is 0 Å². The summed E-state index contributed by atoms with van der Waals surface area (Å²) in [5.74, 6) is -6.27. The number of pyridine rings is 1. The number of para-hydroxylation sites is 1. The van der Waals surface area contributed by atoms with Crippen molar-refractivity contribution in [3.05, 3.63) is 40.5 Å². The predicted molar refractivity (Wildman–Crippen MR) is 101 cm³/mol. The van der Waals surface area contributed by atoms with Crippen LogP contribution in [-0.4, -0.2) is 50.6 Å². The number of hydrogen-bond donors (Lipinski definition) is 5. The molecule has 0 aliphatic carbocycles. The molecule has 0 spiro atoms.